The summed E-state index contributed by atoms with van der Waals surface area (Å²) in [6, 6.07) is 29.0. The molecule has 280 valence electrons. The molecule has 0 bridgehead atoms. The SMILES string of the molecule is CC(C)(C)OC(=O)N1CCC(C(CNC(=O)C2CCN(c3nc4ccccc4n3Cc3ccsc3)CC2)n2c(-c3ccccc3)nc3ccccc32)CC1. The molecule has 0 aliphatic carbocycles. The number of carbonyl (C=O) groups excluding carboxylic acids is 2. The number of benzene rings is 3. The molecule has 0 radical (unpaired) electrons. The van der Waals surface area contributed by atoms with Crippen molar-refractivity contribution in [1.82, 2.24) is 29.3 Å². The molecule has 54 heavy (non-hydrogen) atoms. The topological polar surface area (TPSA) is 97.5 Å². The van der Waals surface area contributed by atoms with E-state index in [0.717, 1.165) is 84.7 Å². The van der Waals surface area contributed by atoms with Gasteiger partial charge < -0.3 is 29.0 Å². The van der Waals surface area contributed by atoms with Crippen molar-refractivity contribution in [2.45, 2.75) is 64.6 Å². The number of imidazole rings is 2. The summed E-state index contributed by atoms with van der Waals surface area (Å²) in [4.78, 5) is 41.4. The molecule has 2 fully saturated rings. The normalized spacial score (nSPS) is 16.6. The number of hydrogen-bond acceptors (Lipinski definition) is 7. The fourth-order valence-corrected chi connectivity index (χ4v) is 8.81. The molecule has 5 heterocycles. The molecule has 2 amide bonds. The maximum Gasteiger partial charge on any atom is 0.410 e. The molecule has 1 unspecified atom stereocenters. The van der Waals surface area contributed by atoms with Gasteiger partial charge >= 0.3 is 6.09 Å². The van der Waals surface area contributed by atoms with Crippen molar-refractivity contribution in [2.75, 3.05) is 37.6 Å². The summed E-state index contributed by atoms with van der Waals surface area (Å²) in [6.07, 6.45) is 2.85. The van der Waals surface area contributed by atoms with Gasteiger partial charge in [0, 0.05) is 44.2 Å². The molecular formula is C43H49N7O3S. The van der Waals surface area contributed by atoms with Crippen molar-refractivity contribution in [1.29, 1.82) is 0 Å². The number of aromatic nitrogens is 4. The molecule has 1 N–H and O–H groups in total. The second-order valence-corrected chi connectivity index (χ2v) is 16.4. The smallest absolute Gasteiger partial charge is 0.410 e. The summed E-state index contributed by atoms with van der Waals surface area (Å²) in [5.41, 5.74) is 5.85. The first-order valence-corrected chi connectivity index (χ1v) is 20.2. The number of nitrogens with zero attached hydrogens (tertiary/aromatic N) is 6. The fourth-order valence-electron chi connectivity index (χ4n) is 8.15. The van der Waals surface area contributed by atoms with Gasteiger partial charge in [0.25, 0.3) is 0 Å². The highest BCUT2D eigenvalue weighted by molar-refractivity contribution is 7.07. The van der Waals surface area contributed by atoms with Crippen LogP contribution in [0, 0.1) is 11.8 Å². The van der Waals surface area contributed by atoms with E-state index in [1.165, 1.54) is 5.56 Å². The van der Waals surface area contributed by atoms with E-state index in [-0.39, 0.29) is 29.9 Å². The second kappa shape index (κ2) is 15.3. The Bertz CT molecular complexity index is 2210. The number of anilines is 1. The highest BCUT2D eigenvalue weighted by Crippen LogP contribution is 2.36. The average molecular weight is 744 g/mol. The first kappa shape index (κ1) is 35.8. The molecule has 3 aromatic heterocycles. The van der Waals surface area contributed by atoms with Crippen molar-refractivity contribution in [3.8, 4) is 11.4 Å². The lowest BCUT2D eigenvalue weighted by molar-refractivity contribution is -0.125. The van der Waals surface area contributed by atoms with Crippen LogP contribution in [0.1, 0.15) is 58.1 Å². The number of hydrogen-bond donors (Lipinski definition) is 1. The number of likely N-dealkylation sites (tertiary alicyclic amines) is 1. The highest BCUT2D eigenvalue weighted by atomic mass is 32.1. The van der Waals surface area contributed by atoms with Gasteiger partial charge in [0.1, 0.15) is 11.4 Å². The van der Waals surface area contributed by atoms with Crippen LogP contribution in [0.25, 0.3) is 33.5 Å². The predicted molar refractivity (Wildman–Crippen MR) is 216 cm³/mol. The van der Waals surface area contributed by atoms with Gasteiger partial charge in [-0.1, -0.05) is 54.6 Å². The zero-order chi connectivity index (χ0) is 37.2. The largest absolute Gasteiger partial charge is 0.444 e. The van der Waals surface area contributed by atoms with Crippen LogP contribution in [0.5, 0.6) is 0 Å². The molecule has 2 aliphatic heterocycles. The number of thiophene rings is 1. The molecule has 8 rings (SSSR count). The van der Waals surface area contributed by atoms with Crippen LogP contribution in [0.15, 0.2) is 95.7 Å². The maximum atomic E-state index is 14.1. The fraction of sp³-hybridized carbons (Fsp3) is 0.395. The standard InChI is InChI=1S/C43H49N7O3S/c1-43(2,3)53-42(52)48-24-17-31(18-25-48)38(50-37-16-10-8-14-35(37)45-39(50)32-11-5-4-6-12-32)27-44-40(51)33-19-22-47(23-20-33)41-46-34-13-7-9-15-36(34)49(41)28-30-21-26-54-29-30/h4-16,21,26,29,31,33,38H,17-20,22-25,27-28H2,1-3H3,(H,44,51). The summed E-state index contributed by atoms with van der Waals surface area (Å²) in [6.45, 7) is 9.69. The summed E-state index contributed by atoms with van der Waals surface area (Å²) in [5, 5.41) is 7.75. The van der Waals surface area contributed by atoms with E-state index in [4.69, 9.17) is 14.7 Å². The molecular weight excluding hydrogens is 695 g/mol. The minimum atomic E-state index is -0.545. The Labute approximate surface area is 320 Å². The third-order valence-electron chi connectivity index (χ3n) is 10.9. The monoisotopic (exact) mass is 743 g/mol. The zero-order valence-corrected chi connectivity index (χ0v) is 32.2. The Hall–Kier alpha value is -5.16. The Morgan fingerprint density at radius 3 is 2.19 bits per heavy atom. The molecule has 2 aliphatic rings. The second-order valence-electron chi connectivity index (χ2n) is 15.7. The van der Waals surface area contributed by atoms with E-state index in [1.807, 2.05) is 56.0 Å². The van der Waals surface area contributed by atoms with E-state index in [0.29, 0.717) is 19.6 Å². The molecule has 6 aromatic rings. The van der Waals surface area contributed by atoms with Crippen LogP contribution in [-0.4, -0.2) is 74.3 Å². The number of rotatable bonds is 9. The van der Waals surface area contributed by atoms with Crippen LogP contribution in [0.3, 0.4) is 0 Å². The lowest BCUT2D eigenvalue weighted by Crippen LogP contribution is -2.46. The third kappa shape index (κ3) is 7.59. The molecule has 0 spiro atoms. The van der Waals surface area contributed by atoms with Crippen LogP contribution in [-0.2, 0) is 16.1 Å². The molecule has 10 nitrogen and oxygen atoms in total. The molecule has 11 heteroatoms. The number of amides is 2. The predicted octanol–water partition coefficient (Wildman–Crippen LogP) is 8.38. The van der Waals surface area contributed by atoms with Crippen molar-refractivity contribution < 1.29 is 14.3 Å². The van der Waals surface area contributed by atoms with Crippen LogP contribution >= 0.6 is 11.3 Å². The van der Waals surface area contributed by atoms with Gasteiger partial charge in [-0.3, -0.25) is 4.79 Å². The van der Waals surface area contributed by atoms with Gasteiger partial charge in [0.2, 0.25) is 11.9 Å². The van der Waals surface area contributed by atoms with E-state index >= 15 is 0 Å². The zero-order valence-electron chi connectivity index (χ0n) is 31.4. The summed E-state index contributed by atoms with van der Waals surface area (Å²) < 4.78 is 10.4. The Morgan fingerprint density at radius 2 is 1.50 bits per heavy atom. The van der Waals surface area contributed by atoms with Crippen molar-refractivity contribution in [3.05, 3.63) is 101 Å². The lowest BCUT2D eigenvalue weighted by atomic mass is 9.88. The molecule has 2 saturated heterocycles. The highest BCUT2D eigenvalue weighted by Gasteiger charge is 2.35. The van der Waals surface area contributed by atoms with Gasteiger partial charge in [-0.2, -0.15) is 11.3 Å². The maximum absolute atomic E-state index is 14.1. The van der Waals surface area contributed by atoms with Crippen molar-refractivity contribution >= 4 is 51.4 Å². The number of para-hydroxylation sites is 4. The first-order chi connectivity index (χ1) is 26.2. The number of piperidine rings is 2. The molecule has 1 atom stereocenters. The number of fused-ring (bicyclic) bond motifs is 2. The number of nitrogens with one attached hydrogen (secondary N) is 1. The van der Waals surface area contributed by atoms with Gasteiger partial charge in [0.05, 0.1) is 34.7 Å². The third-order valence-corrected chi connectivity index (χ3v) is 11.6. The summed E-state index contributed by atoms with van der Waals surface area (Å²) >= 11 is 1.71. The lowest BCUT2D eigenvalue weighted by Gasteiger charge is -2.38. The van der Waals surface area contributed by atoms with Gasteiger partial charge in [-0.05, 0) is 99.0 Å². The van der Waals surface area contributed by atoms with Gasteiger partial charge in [-0.15, -0.1) is 0 Å². The Balaban J connectivity index is 1.01. The van der Waals surface area contributed by atoms with Gasteiger partial charge in [0.15, 0.2) is 0 Å². The quantitative estimate of drug-likeness (QED) is 0.160. The van der Waals surface area contributed by atoms with Crippen LogP contribution < -0.4 is 10.2 Å². The van der Waals surface area contributed by atoms with E-state index in [9.17, 15) is 9.59 Å². The Morgan fingerprint density at radius 1 is 0.833 bits per heavy atom. The molecule has 3 aromatic carbocycles. The van der Waals surface area contributed by atoms with E-state index in [1.54, 1.807) is 11.3 Å². The minimum absolute atomic E-state index is 0.0607. The number of carbonyl (C=O) groups is 2. The Kier molecular flexibility index (Phi) is 10.2. The van der Waals surface area contributed by atoms with Crippen molar-refractivity contribution in [3.63, 3.8) is 0 Å². The summed E-state index contributed by atoms with van der Waals surface area (Å²) in [7, 11) is 0. The van der Waals surface area contributed by atoms with E-state index in [2.05, 4.69) is 84.7 Å². The minimum Gasteiger partial charge on any atom is -0.444 e. The summed E-state index contributed by atoms with van der Waals surface area (Å²) in [5.74, 6) is 2.09. The average Bonchev–Trinajstić information content (AvgIpc) is 3.93. The molecule has 0 saturated carbocycles. The van der Waals surface area contributed by atoms with Gasteiger partial charge in [-0.25, -0.2) is 14.8 Å². The van der Waals surface area contributed by atoms with Crippen LogP contribution in [0.2, 0.25) is 0 Å². The number of ether oxygens (including phenoxy) is 1. The van der Waals surface area contributed by atoms with Crippen LogP contribution in [0.4, 0.5) is 10.7 Å². The van der Waals surface area contributed by atoms with E-state index < -0.39 is 5.60 Å². The van der Waals surface area contributed by atoms with Crippen molar-refractivity contribution in [2.24, 2.45) is 11.8 Å². The first-order valence-electron chi connectivity index (χ1n) is 19.2.